The number of carboxylic acids is 1. The molecule has 0 aromatic heterocycles. The number of hydrogen-bond donors (Lipinski definition) is 3. The predicted octanol–water partition coefficient (Wildman–Crippen LogP) is 1.17. The van der Waals surface area contributed by atoms with E-state index in [0.29, 0.717) is 29.8 Å². The molecule has 1 atom stereocenters. The molecule has 8 heteroatoms. The van der Waals surface area contributed by atoms with Crippen LogP contribution in [0.25, 0.3) is 11.1 Å². The van der Waals surface area contributed by atoms with Crippen LogP contribution < -0.4 is 29.5 Å². The molecule has 6 nitrogen and oxygen atoms in total. The molecule has 0 radical (unpaired) electrons. The number of benzene rings is 2. The number of thioether (sulfide) groups is 1. The molecule has 2 rings (SSSR count). The SMILES string of the molecule is CCCCNC(=O)Cc1ccc(C(=O)NC(CCSC)C(=O)O)c(-c2ccccc2C)c1.[H-].[Li+]. The molecule has 0 aliphatic rings. The molecule has 3 N–H and O–H groups in total. The Morgan fingerprint density at radius 3 is 2.48 bits per heavy atom. The number of amides is 2. The van der Waals surface area contributed by atoms with Gasteiger partial charge < -0.3 is 17.2 Å². The number of nitrogens with one attached hydrogen (secondary N) is 2. The number of carbonyl (C=O) groups is 3. The van der Waals surface area contributed by atoms with Crippen molar-refractivity contribution in [3.05, 3.63) is 59.2 Å². The topological polar surface area (TPSA) is 95.5 Å². The van der Waals surface area contributed by atoms with Crippen molar-refractivity contribution in [2.75, 3.05) is 18.6 Å². The monoisotopic (exact) mass is 464 g/mol. The molecule has 0 heterocycles. The Labute approximate surface area is 214 Å². The molecule has 2 aromatic carbocycles. The second-order valence-electron chi connectivity index (χ2n) is 7.72. The molecule has 33 heavy (non-hydrogen) atoms. The number of aliphatic carboxylic acids is 1. The summed E-state index contributed by atoms with van der Waals surface area (Å²) in [6, 6.07) is 12.0. The van der Waals surface area contributed by atoms with Crippen LogP contribution >= 0.6 is 11.8 Å². The first-order valence-electron chi connectivity index (χ1n) is 10.9. The molecule has 0 bridgehead atoms. The average molecular weight is 465 g/mol. The molecule has 0 spiro atoms. The van der Waals surface area contributed by atoms with Crippen LogP contribution in [0.4, 0.5) is 0 Å². The second-order valence-corrected chi connectivity index (χ2v) is 8.71. The Hall–Kier alpha value is -2.20. The molecule has 0 aliphatic heterocycles. The first-order valence-corrected chi connectivity index (χ1v) is 12.2. The maximum atomic E-state index is 13.1. The zero-order chi connectivity index (χ0) is 23.5. The molecule has 174 valence electrons. The van der Waals surface area contributed by atoms with Gasteiger partial charge in [0.2, 0.25) is 5.91 Å². The van der Waals surface area contributed by atoms with Crippen molar-refractivity contribution in [2.24, 2.45) is 0 Å². The molecule has 2 amide bonds. The minimum absolute atomic E-state index is 0. The number of rotatable bonds is 12. The number of aryl methyl sites for hydroxylation is 1. The van der Waals surface area contributed by atoms with Gasteiger partial charge in [-0.2, -0.15) is 11.8 Å². The third kappa shape index (κ3) is 8.92. The fraction of sp³-hybridized carbons (Fsp3) is 0.400. The first-order chi connectivity index (χ1) is 15.4. The third-order valence-electron chi connectivity index (χ3n) is 5.20. The van der Waals surface area contributed by atoms with Crippen molar-refractivity contribution in [2.45, 2.75) is 45.6 Å². The smallest absolute Gasteiger partial charge is 1.00 e. The Morgan fingerprint density at radius 2 is 1.85 bits per heavy atom. The maximum absolute atomic E-state index is 13.1. The molecule has 0 fully saturated rings. The number of carbonyl (C=O) groups excluding carboxylic acids is 2. The van der Waals surface area contributed by atoms with Gasteiger partial charge in [-0.05, 0) is 66.2 Å². The summed E-state index contributed by atoms with van der Waals surface area (Å²) in [4.78, 5) is 37.0. The summed E-state index contributed by atoms with van der Waals surface area (Å²) >= 11 is 1.53. The van der Waals surface area contributed by atoms with Gasteiger partial charge in [0.1, 0.15) is 6.04 Å². The zero-order valence-electron chi connectivity index (χ0n) is 20.9. The van der Waals surface area contributed by atoms with Crippen LogP contribution in [0.15, 0.2) is 42.5 Å². The van der Waals surface area contributed by atoms with Crippen molar-refractivity contribution in [3.8, 4) is 11.1 Å². The van der Waals surface area contributed by atoms with Crippen molar-refractivity contribution >= 4 is 29.5 Å². The fourth-order valence-electron chi connectivity index (χ4n) is 3.38. The molecule has 0 aliphatic carbocycles. The Bertz CT molecular complexity index is 958. The van der Waals surface area contributed by atoms with E-state index in [4.69, 9.17) is 0 Å². The van der Waals surface area contributed by atoms with E-state index in [1.165, 1.54) is 11.8 Å². The van der Waals surface area contributed by atoms with Gasteiger partial charge >= 0.3 is 24.8 Å². The van der Waals surface area contributed by atoms with Gasteiger partial charge in [0.15, 0.2) is 0 Å². The zero-order valence-corrected chi connectivity index (χ0v) is 20.8. The molecule has 0 saturated heterocycles. The Morgan fingerprint density at radius 1 is 1.12 bits per heavy atom. The standard InChI is InChI=1S/C25H32N2O4S.Li.H/c1-4-5-13-26-23(28)16-18-10-11-20(21(15-18)19-9-7-6-8-17(19)2)24(29)27-22(25(30)31)12-14-32-3;;/h6-11,15,22H,4-5,12-14,16H2,1-3H3,(H,26,28)(H,27,29)(H,30,31);;/q;+1;-1. The van der Waals surface area contributed by atoms with Gasteiger partial charge in [-0.25, -0.2) is 4.79 Å². The van der Waals surface area contributed by atoms with Crippen LogP contribution in [0.2, 0.25) is 0 Å². The van der Waals surface area contributed by atoms with E-state index in [1.807, 2.05) is 43.5 Å². The summed E-state index contributed by atoms with van der Waals surface area (Å²) in [7, 11) is 0. The summed E-state index contributed by atoms with van der Waals surface area (Å²) in [6.45, 7) is 4.67. The quantitative estimate of drug-likeness (QED) is 0.324. The predicted molar refractivity (Wildman–Crippen MR) is 131 cm³/mol. The summed E-state index contributed by atoms with van der Waals surface area (Å²) in [5.41, 5.74) is 3.74. The Balaban J connectivity index is 0.00000544. The van der Waals surface area contributed by atoms with E-state index in [1.54, 1.807) is 12.1 Å². The Kier molecular flexibility index (Phi) is 13.0. The summed E-state index contributed by atoms with van der Waals surface area (Å²) in [5, 5.41) is 15.1. The number of carboxylic acid groups (broad SMARTS) is 1. The van der Waals surface area contributed by atoms with Gasteiger partial charge in [0.25, 0.3) is 5.91 Å². The van der Waals surface area contributed by atoms with Crippen molar-refractivity contribution in [1.29, 1.82) is 0 Å². The van der Waals surface area contributed by atoms with Gasteiger partial charge in [-0.15, -0.1) is 0 Å². The minimum Gasteiger partial charge on any atom is -1.00 e. The van der Waals surface area contributed by atoms with E-state index in [9.17, 15) is 19.5 Å². The normalized spacial score (nSPS) is 11.2. The van der Waals surface area contributed by atoms with Gasteiger partial charge in [-0.1, -0.05) is 43.7 Å². The van der Waals surface area contributed by atoms with E-state index >= 15 is 0 Å². The molecule has 1 unspecified atom stereocenters. The average Bonchev–Trinajstić information content (AvgIpc) is 2.76. The van der Waals surface area contributed by atoms with E-state index in [-0.39, 0.29) is 32.6 Å². The summed E-state index contributed by atoms with van der Waals surface area (Å²) in [5.74, 6) is -0.913. The number of unbranched alkanes of at least 4 members (excludes halogenated alkanes) is 1. The fourth-order valence-corrected chi connectivity index (χ4v) is 3.85. The first kappa shape index (κ1) is 28.8. The molecule has 0 saturated carbocycles. The molecular weight excluding hydrogens is 431 g/mol. The maximum Gasteiger partial charge on any atom is 1.00 e. The van der Waals surface area contributed by atoms with Crippen molar-refractivity contribution in [3.63, 3.8) is 0 Å². The van der Waals surface area contributed by atoms with Gasteiger partial charge in [0.05, 0.1) is 6.42 Å². The third-order valence-corrected chi connectivity index (χ3v) is 5.84. The number of hydrogen-bond acceptors (Lipinski definition) is 4. The van der Waals surface area contributed by atoms with E-state index < -0.39 is 17.9 Å². The summed E-state index contributed by atoms with van der Waals surface area (Å²) < 4.78 is 0. The largest absolute Gasteiger partial charge is 1.00 e. The van der Waals surface area contributed by atoms with Crippen molar-refractivity contribution in [1.82, 2.24) is 10.6 Å². The van der Waals surface area contributed by atoms with Crippen LogP contribution in [0.3, 0.4) is 0 Å². The summed E-state index contributed by atoms with van der Waals surface area (Å²) in [6.07, 6.45) is 4.40. The molecular formula is C25H33LiN2O4S. The van der Waals surface area contributed by atoms with Gasteiger partial charge in [0, 0.05) is 12.1 Å². The van der Waals surface area contributed by atoms with Gasteiger partial charge in [-0.3, -0.25) is 9.59 Å². The second kappa shape index (κ2) is 14.8. The van der Waals surface area contributed by atoms with E-state index in [0.717, 1.165) is 29.5 Å². The van der Waals surface area contributed by atoms with Crippen LogP contribution in [0, 0.1) is 6.92 Å². The van der Waals surface area contributed by atoms with Crippen LogP contribution in [0.5, 0.6) is 0 Å². The van der Waals surface area contributed by atoms with Crippen molar-refractivity contribution < 1.29 is 39.8 Å². The van der Waals surface area contributed by atoms with Crippen LogP contribution in [-0.4, -0.2) is 47.5 Å². The van der Waals surface area contributed by atoms with Crippen LogP contribution in [-0.2, 0) is 16.0 Å². The minimum atomic E-state index is -1.05. The molecule has 2 aromatic rings. The van der Waals surface area contributed by atoms with Crippen LogP contribution in [0.1, 0.15) is 49.1 Å². The van der Waals surface area contributed by atoms with E-state index in [2.05, 4.69) is 17.6 Å².